The van der Waals surface area contributed by atoms with Crippen molar-refractivity contribution in [3.63, 3.8) is 0 Å². The molecule has 0 aliphatic carbocycles. The molecule has 4 N–H and O–H groups in total. The van der Waals surface area contributed by atoms with Gasteiger partial charge in [0.05, 0.1) is 16.3 Å². The van der Waals surface area contributed by atoms with Crippen molar-refractivity contribution in [2.75, 3.05) is 12.3 Å². The third-order valence-electron chi connectivity index (χ3n) is 4.04. The van der Waals surface area contributed by atoms with Crippen molar-refractivity contribution in [1.82, 2.24) is 14.5 Å². The van der Waals surface area contributed by atoms with Gasteiger partial charge in [-0.2, -0.15) is 0 Å². The van der Waals surface area contributed by atoms with Gasteiger partial charge in [-0.3, -0.25) is 0 Å². The van der Waals surface area contributed by atoms with Gasteiger partial charge in [0.25, 0.3) is 0 Å². The molecule has 3 rings (SSSR count). The minimum atomic E-state index is -0.869. The maximum absolute atomic E-state index is 10.3. The largest absolute Gasteiger partial charge is 0.394 e. The molecular formula is C14H17BrN4O3. The molecule has 0 saturated carbocycles. The lowest BCUT2D eigenvalue weighted by Gasteiger charge is -2.27. The van der Waals surface area contributed by atoms with Crippen LogP contribution in [0.15, 0.2) is 19.1 Å². The topological polar surface area (TPSA) is 106 Å². The minimum absolute atomic E-state index is 0.274. The molecule has 1 saturated heterocycles. The summed E-state index contributed by atoms with van der Waals surface area (Å²) in [6.45, 7) is 5.31. The van der Waals surface area contributed by atoms with Crippen LogP contribution in [0, 0.1) is 0 Å². The van der Waals surface area contributed by atoms with Crippen molar-refractivity contribution in [1.29, 1.82) is 0 Å². The van der Waals surface area contributed by atoms with Crippen molar-refractivity contribution >= 4 is 38.9 Å². The second-order valence-electron chi connectivity index (χ2n) is 5.46. The summed E-state index contributed by atoms with van der Waals surface area (Å²) in [6, 6.07) is 0. The predicted octanol–water partition coefficient (Wildman–Crippen LogP) is 1.06. The Morgan fingerprint density at radius 2 is 2.32 bits per heavy atom. The highest BCUT2D eigenvalue weighted by Crippen LogP contribution is 2.46. The maximum atomic E-state index is 10.3. The fourth-order valence-corrected chi connectivity index (χ4v) is 3.46. The number of nitrogen functional groups attached to an aromatic ring is 1. The molecule has 3 heterocycles. The number of fused-ring (bicyclic) bond motifs is 1. The zero-order valence-electron chi connectivity index (χ0n) is 12.0. The number of halogens is 1. The lowest BCUT2D eigenvalue weighted by Crippen LogP contribution is -2.39. The molecule has 1 aliphatic rings. The van der Waals surface area contributed by atoms with Gasteiger partial charge in [0.1, 0.15) is 30.0 Å². The highest BCUT2D eigenvalue weighted by Gasteiger charge is 2.52. The van der Waals surface area contributed by atoms with E-state index in [1.54, 1.807) is 16.8 Å². The van der Waals surface area contributed by atoms with E-state index in [0.717, 1.165) is 5.56 Å². The zero-order valence-corrected chi connectivity index (χ0v) is 13.6. The zero-order chi connectivity index (χ0) is 16.1. The average Bonchev–Trinajstić information content (AvgIpc) is 2.97. The Kier molecular flexibility index (Phi) is 3.72. The number of anilines is 1. The van der Waals surface area contributed by atoms with Gasteiger partial charge < -0.3 is 25.3 Å². The fourth-order valence-electron chi connectivity index (χ4n) is 2.83. The van der Waals surface area contributed by atoms with Gasteiger partial charge in [-0.05, 0) is 6.92 Å². The van der Waals surface area contributed by atoms with Crippen LogP contribution in [0.5, 0.6) is 0 Å². The second kappa shape index (κ2) is 5.31. The Morgan fingerprint density at radius 3 is 2.91 bits per heavy atom. The molecule has 0 radical (unpaired) electrons. The number of hydrogen-bond acceptors (Lipinski definition) is 6. The smallest absolute Gasteiger partial charge is 0.153 e. The molecule has 7 nitrogen and oxygen atoms in total. The second-order valence-corrected chi connectivity index (χ2v) is 7.17. The van der Waals surface area contributed by atoms with Crippen LogP contribution in [0.3, 0.4) is 0 Å². The third kappa shape index (κ3) is 2.06. The Labute approximate surface area is 135 Å². The van der Waals surface area contributed by atoms with Crippen molar-refractivity contribution < 1.29 is 14.9 Å². The van der Waals surface area contributed by atoms with Gasteiger partial charge in [0.2, 0.25) is 0 Å². The van der Waals surface area contributed by atoms with Gasteiger partial charge >= 0.3 is 0 Å². The Morgan fingerprint density at radius 1 is 1.59 bits per heavy atom. The van der Waals surface area contributed by atoms with E-state index in [0.29, 0.717) is 16.9 Å². The highest BCUT2D eigenvalue weighted by molar-refractivity contribution is 9.10. The molecule has 2 unspecified atom stereocenters. The number of nitrogens with two attached hydrogens (primary N) is 1. The first-order valence-corrected chi connectivity index (χ1v) is 7.57. The van der Waals surface area contributed by atoms with E-state index in [9.17, 15) is 10.2 Å². The van der Waals surface area contributed by atoms with Crippen molar-refractivity contribution in [3.8, 4) is 0 Å². The number of hydrogen-bond donors (Lipinski definition) is 3. The van der Waals surface area contributed by atoms with E-state index in [-0.39, 0.29) is 6.61 Å². The number of aliphatic hydroxyl groups is 2. The van der Waals surface area contributed by atoms with E-state index < -0.39 is 22.8 Å². The molecule has 0 amide bonds. The summed E-state index contributed by atoms with van der Waals surface area (Å²) in [5, 5.41) is 20.4. The number of nitrogens with zero attached hydrogens (tertiary/aromatic N) is 3. The number of aliphatic hydroxyl groups excluding tert-OH is 2. The van der Waals surface area contributed by atoms with Gasteiger partial charge in [0, 0.05) is 11.8 Å². The molecular weight excluding hydrogens is 352 g/mol. The van der Waals surface area contributed by atoms with E-state index >= 15 is 0 Å². The summed E-state index contributed by atoms with van der Waals surface area (Å²) < 4.78 is 6.80. The number of aromatic nitrogens is 3. The van der Waals surface area contributed by atoms with Crippen LogP contribution in [-0.4, -0.2) is 47.9 Å². The average molecular weight is 369 g/mol. The summed E-state index contributed by atoms with van der Waals surface area (Å²) in [5.74, 6) is 0.354. The van der Waals surface area contributed by atoms with E-state index in [2.05, 4.69) is 32.5 Å². The maximum Gasteiger partial charge on any atom is 0.153 e. The van der Waals surface area contributed by atoms with Crippen LogP contribution >= 0.6 is 15.9 Å². The number of alkyl halides is 1. The molecule has 0 bridgehead atoms. The molecule has 1 aliphatic heterocycles. The van der Waals surface area contributed by atoms with Crippen molar-refractivity contribution in [2.24, 2.45) is 0 Å². The first kappa shape index (κ1) is 15.4. The van der Waals surface area contributed by atoms with Crippen LogP contribution in [-0.2, 0) is 4.74 Å². The molecule has 0 spiro atoms. The number of ether oxygens (including phenoxy) is 1. The predicted molar refractivity (Wildman–Crippen MR) is 86.4 cm³/mol. The van der Waals surface area contributed by atoms with Gasteiger partial charge in [-0.15, -0.1) is 0 Å². The van der Waals surface area contributed by atoms with Crippen LogP contribution < -0.4 is 5.73 Å². The van der Waals surface area contributed by atoms with E-state index in [4.69, 9.17) is 10.5 Å². The summed E-state index contributed by atoms with van der Waals surface area (Å²) in [7, 11) is 0. The highest BCUT2D eigenvalue weighted by atomic mass is 79.9. The van der Waals surface area contributed by atoms with Crippen LogP contribution in [0.25, 0.3) is 17.1 Å². The number of rotatable bonds is 3. The van der Waals surface area contributed by atoms with E-state index in [1.807, 2.05) is 6.92 Å². The standard InChI is InChI=1S/C14H17BrN4O3/c1-3-7-4-19(12-9(7)11(16)17-6-18-12)13-14(2,15)10(21)8(5-20)22-13/h3-4,6,8,10,13,20-21H,1,5H2,2H3,(H2,16,17,18)/t8?,10?,13-,14-/m1/s1. The molecule has 2 aromatic heterocycles. The van der Waals surface area contributed by atoms with E-state index in [1.165, 1.54) is 6.33 Å². The summed E-state index contributed by atoms with van der Waals surface area (Å²) in [4.78, 5) is 8.28. The van der Waals surface area contributed by atoms with Crippen LogP contribution in [0.2, 0.25) is 0 Å². The van der Waals surface area contributed by atoms with Crippen molar-refractivity contribution in [2.45, 2.75) is 29.7 Å². The molecule has 1 fully saturated rings. The molecule has 0 aromatic carbocycles. The van der Waals surface area contributed by atoms with Gasteiger partial charge in [-0.25, -0.2) is 9.97 Å². The fraction of sp³-hybridized carbons (Fsp3) is 0.429. The first-order valence-electron chi connectivity index (χ1n) is 6.78. The monoisotopic (exact) mass is 368 g/mol. The Hall–Kier alpha value is -1.48. The normalized spacial score (nSPS) is 31.7. The van der Waals surface area contributed by atoms with Crippen LogP contribution in [0.4, 0.5) is 5.82 Å². The lowest BCUT2D eigenvalue weighted by molar-refractivity contribution is -0.0437. The molecule has 118 valence electrons. The Bertz CT molecular complexity index is 730. The first-order chi connectivity index (χ1) is 10.4. The summed E-state index contributed by atoms with van der Waals surface area (Å²) in [6.07, 6.45) is 2.73. The van der Waals surface area contributed by atoms with Gasteiger partial charge in [0.15, 0.2) is 6.23 Å². The van der Waals surface area contributed by atoms with Crippen LogP contribution in [0.1, 0.15) is 18.7 Å². The SMILES string of the molecule is C=Cc1cn([C@@H]2OC(CO)C(O)[C@@]2(C)Br)c2ncnc(N)c12. The Balaban J connectivity index is 2.19. The van der Waals surface area contributed by atoms with Gasteiger partial charge in [-0.1, -0.05) is 28.6 Å². The summed E-state index contributed by atoms with van der Waals surface area (Å²) >= 11 is 3.52. The molecule has 4 atom stereocenters. The minimum Gasteiger partial charge on any atom is -0.394 e. The molecule has 22 heavy (non-hydrogen) atoms. The molecule has 8 heteroatoms. The summed E-state index contributed by atoms with van der Waals surface area (Å²) in [5.41, 5.74) is 7.31. The quantitative estimate of drug-likeness (QED) is 0.699. The third-order valence-corrected chi connectivity index (χ3v) is 4.90. The van der Waals surface area contributed by atoms with Crippen molar-refractivity contribution in [3.05, 3.63) is 24.7 Å². The molecule has 2 aromatic rings. The lowest BCUT2D eigenvalue weighted by atomic mass is 10.0.